The van der Waals surface area contributed by atoms with Crippen molar-refractivity contribution in [2.75, 3.05) is 5.32 Å². The Morgan fingerprint density at radius 1 is 1.38 bits per heavy atom. The van der Waals surface area contributed by atoms with E-state index in [1.807, 2.05) is 0 Å². The van der Waals surface area contributed by atoms with Gasteiger partial charge in [0.05, 0.1) is 0 Å². The molecule has 0 atom stereocenters. The maximum Gasteiger partial charge on any atom is 0.269 e. The first-order valence-corrected chi connectivity index (χ1v) is 5.88. The van der Waals surface area contributed by atoms with Crippen molar-refractivity contribution < 1.29 is 4.79 Å². The van der Waals surface area contributed by atoms with E-state index in [-0.39, 0.29) is 11.9 Å². The van der Waals surface area contributed by atoms with Crippen LogP contribution in [0.4, 0.5) is 5.95 Å². The fourth-order valence-electron chi connectivity index (χ4n) is 2.21. The van der Waals surface area contributed by atoms with Gasteiger partial charge in [0, 0.05) is 6.42 Å². The number of nitrogens with zero attached hydrogens (tertiary/aromatic N) is 3. The molecule has 1 aliphatic rings. The van der Waals surface area contributed by atoms with E-state index in [4.69, 9.17) is 0 Å². The number of rotatable bonds is 4. The topological polar surface area (TPSA) is 83.6 Å². The highest BCUT2D eigenvalue weighted by molar-refractivity contribution is 5.88. The first kappa shape index (κ1) is 11.0. The molecule has 6 heteroatoms. The molecule has 1 aliphatic carbocycles. The number of amides is 1. The molecule has 0 aliphatic heterocycles. The second-order valence-electron chi connectivity index (χ2n) is 4.33. The molecule has 1 aromatic heterocycles. The number of aromatic amines is 1. The van der Waals surface area contributed by atoms with Gasteiger partial charge < -0.3 is 0 Å². The highest BCUT2D eigenvalue weighted by Gasteiger charge is 2.15. The highest BCUT2D eigenvalue weighted by Crippen LogP contribution is 2.27. The minimum absolute atomic E-state index is 0.0213. The predicted octanol–water partition coefficient (Wildman–Crippen LogP) is 1.50. The number of hydrogen-bond acceptors (Lipinski definition) is 4. The van der Waals surface area contributed by atoms with Gasteiger partial charge in [0.1, 0.15) is 0 Å². The number of H-pyrrole nitrogens is 1. The summed E-state index contributed by atoms with van der Waals surface area (Å²) in [7, 11) is 0. The zero-order valence-corrected chi connectivity index (χ0v) is 9.28. The van der Waals surface area contributed by atoms with E-state index in [0.29, 0.717) is 6.42 Å². The van der Waals surface area contributed by atoms with Crippen molar-refractivity contribution >= 4 is 11.9 Å². The molecule has 0 spiro atoms. The van der Waals surface area contributed by atoms with Gasteiger partial charge >= 0.3 is 0 Å². The number of carbonyl (C=O) groups is 1. The zero-order valence-electron chi connectivity index (χ0n) is 9.28. The second kappa shape index (κ2) is 5.58. The number of tetrazole rings is 1. The second-order valence-corrected chi connectivity index (χ2v) is 4.33. The van der Waals surface area contributed by atoms with Gasteiger partial charge in [0.15, 0.2) is 0 Å². The standard InChI is InChI=1S/C10H17N5O/c16-9(11-10-12-14-15-13-10)7-6-8-4-2-1-3-5-8/h8H,1-7H2,(H2,11,12,13,14,15,16). The van der Waals surface area contributed by atoms with Crippen LogP contribution in [0.2, 0.25) is 0 Å². The Labute approximate surface area is 94.2 Å². The average molecular weight is 223 g/mol. The third-order valence-corrected chi connectivity index (χ3v) is 3.10. The van der Waals surface area contributed by atoms with Gasteiger partial charge in [-0.1, -0.05) is 37.2 Å². The summed E-state index contributed by atoms with van der Waals surface area (Å²) >= 11 is 0. The Morgan fingerprint density at radius 3 is 2.88 bits per heavy atom. The van der Waals surface area contributed by atoms with E-state index in [1.54, 1.807) is 0 Å². The van der Waals surface area contributed by atoms with E-state index in [0.717, 1.165) is 12.3 Å². The molecule has 6 nitrogen and oxygen atoms in total. The first-order valence-electron chi connectivity index (χ1n) is 5.88. The van der Waals surface area contributed by atoms with Crippen molar-refractivity contribution in [3.05, 3.63) is 0 Å². The van der Waals surface area contributed by atoms with Crippen molar-refractivity contribution in [2.24, 2.45) is 5.92 Å². The third kappa shape index (κ3) is 3.29. The summed E-state index contributed by atoms with van der Waals surface area (Å²) in [5.41, 5.74) is 0. The van der Waals surface area contributed by atoms with Crippen molar-refractivity contribution in [2.45, 2.75) is 44.9 Å². The van der Waals surface area contributed by atoms with Gasteiger partial charge in [-0.3, -0.25) is 10.1 Å². The number of hydrogen-bond donors (Lipinski definition) is 2. The van der Waals surface area contributed by atoms with Crippen LogP contribution in [0.15, 0.2) is 0 Å². The largest absolute Gasteiger partial charge is 0.292 e. The average Bonchev–Trinajstić information content (AvgIpc) is 2.81. The molecule has 1 aromatic rings. The smallest absolute Gasteiger partial charge is 0.269 e. The molecular formula is C10H17N5O. The lowest BCUT2D eigenvalue weighted by Crippen LogP contribution is -2.15. The van der Waals surface area contributed by atoms with Crippen molar-refractivity contribution in [3.63, 3.8) is 0 Å². The Bertz CT molecular complexity index is 318. The van der Waals surface area contributed by atoms with Crippen LogP contribution in [0.3, 0.4) is 0 Å². The lowest BCUT2D eigenvalue weighted by molar-refractivity contribution is -0.116. The Hall–Kier alpha value is -1.46. The molecular weight excluding hydrogens is 206 g/mol. The molecule has 0 radical (unpaired) electrons. The Balaban J connectivity index is 1.67. The quantitative estimate of drug-likeness (QED) is 0.810. The molecule has 2 rings (SSSR count). The SMILES string of the molecule is O=C(CCC1CCCCC1)Nc1nn[nH]n1. The lowest BCUT2D eigenvalue weighted by atomic mass is 9.86. The van der Waals surface area contributed by atoms with Crippen molar-refractivity contribution in [1.82, 2.24) is 20.6 Å². The summed E-state index contributed by atoms with van der Waals surface area (Å²) in [4.78, 5) is 11.5. The van der Waals surface area contributed by atoms with Gasteiger partial charge in [-0.2, -0.15) is 5.21 Å². The van der Waals surface area contributed by atoms with E-state index >= 15 is 0 Å². The normalized spacial score (nSPS) is 17.2. The molecule has 1 saturated carbocycles. The fourth-order valence-corrected chi connectivity index (χ4v) is 2.21. The molecule has 2 N–H and O–H groups in total. The molecule has 88 valence electrons. The molecule has 0 unspecified atom stereocenters. The first-order chi connectivity index (χ1) is 7.84. The molecule has 1 heterocycles. The zero-order chi connectivity index (χ0) is 11.2. The van der Waals surface area contributed by atoms with E-state index in [2.05, 4.69) is 25.9 Å². The Morgan fingerprint density at radius 2 is 2.19 bits per heavy atom. The summed E-state index contributed by atoms with van der Waals surface area (Å²) < 4.78 is 0. The third-order valence-electron chi connectivity index (χ3n) is 3.10. The molecule has 16 heavy (non-hydrogen) atoms. The number of nitrogens with one attached hydrogen (secondary N) is 2. The maximum atomic E-state index is 11.5. The summed E-state index contributed by atoms with van der Waals surface area (Å²) in [6.07, 6.45) is 8.06. The van der Waals surface area contributed by atoms with E-state index in [1.165, 1.54) is 32.1 Å². The monoisotopic (exact) mass is 223 g/mol. The molecule has 0 bridgehead atoms. The molecule has 0 saturated heterocycles. The molecule has 0 aromatic carbocycles. The van der Waals surface area contributed by atoms with Gasteiger partial charge in [-0.05, 0) is 17.6 Å². The molecule has 1 amide bonds. The predicted molar refractivity (Wildman–Crippen MR) is 58.6 cm³/mol. The Kier molecular flexibility index (Phi) is 3.85. The van der Waals surface area contributed by atoms with Gasteiger partial charge in [-0.15, -0.1) is 5.10 Å². The van der Waals surface area contributed by atoms with Crippen LogP contribution in [0.25, 0.3) is 0 Å². The summed E-state index contributed by atoms with van der Waals surface area (Å²) in [5.74, 6) is 0.963. The van der Waals surface area contributed by atoms with Gasteiger partial charge in [0.25, 0.3) is 5.95 Å². The minimum Gasteiger partial charge on any atom is -0.292 e. The van der Waals surface area contributed by atoms with E-state index < -0.39 is 0 Å². The number of anilines is 1. The van der Waals surface area contributed by atoms with Crippen LogP contribution in [0, 0.1) is 5.92 Å². The van der Waals surface area contributed by atoms with Gasteiger partial charge in [-0.25, -0.2) is 0 Å². The lowest BCUT2D eigenvalue weighted by Gasteiger charge is -2.20. The summed E-state index contributed by atoms with van der Waals surface area (Å²) in [5, 5.41) is 15.6. The van der Waals surface area contributed by atoms with Crippen LogP contribution in [0.1, 0.15) is 44.9 Å². The summed E-state index contributed by atoms with van der Waals surface area (Å²) in [6, 6.07) is 0. The van der Waals surface area contributed by atoms with Crippen molar-refractivity contribution in [3.8, 4) is 0 Å². The van der Waals surface area contributed by atoms with Crippen LogP contribution in [-0.4, -0.2) is 26.5 Å². The van der Waals surface area contributed by atoms with Crippen LogP contribution >= 0.6 is 0 Å². The fraction of sp³-hybridized carbons (Fsp3) is 0.800. The van der Waals surface area contributed by atoms with Gasteiger partial charge in [0.2, 0.25) is 5.91 Å². The van der Waals surface area contributed by atoms with Crippen LogP contribution in [0.5, 0.6) is 0 Å². The highest BCUT2D eigenvalue weighted by atomic mass is 16.1. The summed E-state index contributed by atoms with van der Waals surface area (Å²) in [6.45, 7) is 0. The van der Waals surface area contributed by atoms with Crippen molar-refractivity contribution in [1.29, 1.82) is 0 Å². The maximum absolute atomic E-state index is 11.5. The number of carbonyl (C=O) groups excluding carboxylic acids is 1. The van der Waals surface area contributed by atoms with Crippen LogP contribution in [-0.2, 0) is 4.79 Å². The number of aromatic nitrogens is 4. The van der Waals surface area contributed by atoms with E-state index in [9.17, 15) is 4.79 Å². The van der Waals surface area contributed by atoms with Crippen LogP contribution < -0.4 is 5.32 Å². The molecule has 1 fully saturated rings. The minimum atomic E-state index is -0.0213.